The highest BCUT2D eigenvalue weighted by Crippen LogP contribution is 2.26. The number of fused-ring (bicyclic) bond motifs is 1. The Kier molecular flexibility index (Phi) is 5.17. The van der Waals surface area contributed by atoms with Crippen molar-refractivity contribution in [2.75, 3.05) is 14.1 Å². The molecule has 1 amide bonds. The minimum Gasteiger partial charge on any atom is -0.477 e. The van der Waals surface area contributed by atoms with Crippen molar-refractivity contribution < 1.29 is 14.7 Å². The van der Waals surface area contributed by atoms with Crippen LogP contribution in [-0.4, -0.2) is 46.4 Å². The summed E-state index contributed by atoms with van der Waals surface area (Å²) in [6.45, 7) is 1.61. The van der Waals surface area contributed by atoms with Gasteiger partial charge in [-0.2, -0.15) is 0 Å². The van der Waals surface area contributed by atoms with Gasteiger partial charge in [0.15, 0.2) is 4.77 Å². The molecule has 0 bridgehead atoms. The number of thiophene rings is 1. The second-order valence-corrected chi connectivity index (χ2v) is 5.47. The fraction of sp³-hybridized carbons (Fsp3) is 0.273. The maximum Gasteiger partial charge on any atom is 0.346 e. The van der Waals surface area contributed by atoms with Crippen LogP contribution in [-0.2, 0) is 4.79 Å². The van der Waals surface area contributed by atoms with Crippen molar-refractivity contribution in [3.8, 4) is 0 Å². The number of aryl methyl sites for hydroxylation is 1. The lowest BCUT2D eigenvalue weighted by Crippen LogP contribution is -2.07. The average Bonchev–Trinajstić information content (AvgIpc) is 2.67. The van der Waals surface area contributed by atoms with Gasteiger partial charge in [0, 0.05) is 14.1 Å². The van der Waals surface area contributed by atoms with E-state index in [4.69, 9.17) is 17.3 Å². The molecule has 0 unspecified atom stereocenters. The molecule has 2 aromatic heterocycles. The Morgan fingerprint density at radius 3 is 2.40 bits per heavy atom. The summed E-state index contributed by atoms with van der Waals surface area (Å²) in [5.74, 6) is -1.03. The van der Waals surface area contributed by atoms with Crippen molar-refractivity contribution in [3.05, 3.63) is 25.6 Å². The summed E-state index contributed by atoms with van der Waals surface area (Å²) in [6, 6.07) is 0. The van der Waals surface area contributed by atoms with Crippen LogP contribution in [0, 0.1) is 11.7 Å². The van der Waals surface area contributed by atoms with Gasteiger partial charge in [-0.05, 0) is 24.7 Å². The lowest BCUT2D eigenvalue weighted by atomic mass is 10.2. The molecule has 20 heavy (non-hydrogen) atoms. The van der Waals surface area contributed by atoms with Crippen molar-refractivity contribution >= 4 is 46.2 Å². The molecular weight excluding hydrogens is 302 g/mol. The summed E-state index contributed by atoms with van der Waals surface area (Å²) in [5.41, 5.74) is 0.116. The van der Waals surface area contributed by atoms with Gasteiger partial charge < -0.3 is 15.0 Å². The van der Waals surface area contributed by atoms with E-state index in [0.717, 1.165) is 17.7 Å². The number of aromatic nitrogens is 2. The van der Waals surface area contributed by atoms with Gasteiger partial charge in [0.1, 0.15) is 9.71 Å². The number of H-pyrrole nitrogens is 2. The third kappa shape index (κ3) is 3.52. The predicted octanol–water partition coefficient (Wildman–Crippen LogP) is 1.36. The molecule has 0 saturated heterocycles. The fourth-order valence-corrected chi connectivity index (χ4v) is 2.69. The van der Waals surface area contributed by atoms with Crippen LogP contribution < -0.4 is 5.56 Å². The quantitative estimate of drug-likeness (QED) is 0.573. The molecule has 2 rings (SSSR count). The first kappa shape index (κ1) is 16.1. The van der Waals surface area contributed by atoms with E-state index in [1.54, 1.807) is 21.0 Å². The molecule has 0 saturated carbocycles. The van der Waals surface area contributed by atoms with Crippen LogP contribution in [0.2, 0.25) is 0 Å². The van der Waals surface area contributed by atoms with Crippen molar-refractivity contribution in [1.82, 2.24) is 14.9 Å². The number of amides is 1. The van der Waals surface area contributed by atoms with Crippen LogP contribution >= 0.6 is 23.6 Å². The molecule has 2 aromatic rings. The maximum absolute atomic E-state index is 11.5. The lowest BCUT2D eigenvalue weighted by Gasteiger charge is -1.93. The number of aromatic carboxylic acids is 1. The monoisotopic (exact) mass is 315 g/mol. The second kappa shape index (κ2) is 6.44. The molecule has 0 aliphatic heterocycles. The van der Waals surface area contributed by atoms with Crippen LogP contribution in [0.5, 0.6) is 0 Å². The summed E-state index contributed by atoms with van der Waals surface area (Å²) >= 11 is 5.81. The largest absolute Gasteiger partial charge is 0.477 e. The first-order valence-corrected chi connectivity index (χ1v) is 6.61. The summed E-state index contributed by atoms with van der Waals surface area (Å²) in [4.78, 5) is 39.1. The van der Waals surface area contributed by atoms with Gasteiger partial charge in [-0.25, -0.2) is 4.79 Å². The summed E-state index contributed by atoms with van der Waals surface area (Å²) in [7, 11) is 3.38. The van der Waals surface area contributed by atoms with Gasteiger partial charge in [-0.3, -0.25) is 14.6 Å². The van der Waals surface area contributed by atoms with Crippen molar-refractivity contribution in [1.29, 1.82) is 0 Å². The zero-order chi connectivity index (χ0) is 15.4. The molecule has 2 heterocycles. The second-order valence-electron chi connectivity index (χ2n) is 4.04. The number of hydrogen-bond acceptors (Lipinski definition) is 5. The third-order valence-corrected chi connectivity index (χ3v) is 3.63. The highest BCUT2D eigenvalue weighted by molar-refractivity contribution is 7.71. The fourth-order valence-electron chi connectivity index (χ4n) is 1.38. The minimum absolute atomic E-state index is 0.160. The Morgan fingerprint density at radius 1 is 1.40 bits per heavy atom. The molecule has 0 aliphatic carbocycles. The van der Waals surface area contributed by atoms with Gasteiger partial charge in [0.05, 0.1) is 5.39 Å². The Bertz CT molecular complexity index is 757. The standard InChI is InChI=1S/C8H6N2O3S2.C3H7NO/c1-2-3-5(11)9-8(14)10-6(3)15-4(2)7(12)13;1-4(2)3-5/h1H3,(H,12,13)(H2,9,10,11,14);3H,1-2H3. The van der Waals surface area contributed by atoms with E-state index in [9.17, 15) is 14.4 Å². The van der Waals surface area contributed by atoms with Crippen LogP contribution in [0.3, 0.4) is 0 Å². The number of nitrogens with one attached hydrogen (secondary N) is 2. The van der Waals surface area contributed by atoms with Crippen LogP contribution in [0.25, 0.3) is 10.2 Å². The van der Waals surface area contributed by atoms with Gasteiger partial charge in [0.2, 0.25) is 6.41 Å². The van der Waals surface area contributed by atoms with Gasteiger partial charge >= 0.3 is 5.97 Å². The molecule has 9 heteroatoms. The number of carbonyl (C=O) groups is 2. The summed E-state index contributed by atoms with van der Waals surface area (Å²) in [6.07, 6.45) is 0.750. The van der Waals surface area contributed by atoms with E-state index in [1.165, 1.54) is 4.90 Å². The first-order chi connectivity index (χ1) is 9.27. The highest BCUT2D eigenvalue weighted by Gasteiger charge is 2.16. The molecule has 0 aromatic carbocycles. The van der Waals surface area contributed by atoms with E-state index < -0.39 is 5.97 Å². The number of aromatic amines is 2. The number of carboxylic acids is 1. The SMILES string of the molecule is CN(C)C=O.Cc1c(C(=O)O)sc2[nH]c(=S)[nH]c(=O)c12. The van der Waals surface area contributed by atoms with Crippen molar-refractivity contribution in [2.24, 2.45) is 0 Å². The van der Waals surface area contributed by atoms with E-state index in [-0.39, 0.29) is 15.2 Å². The Labute approximate surface area is 122 Å². The number of carbonyl (C=O) groups excluding carboxylic acids is 1. The molecular formula is C11H13N3O4S2. The smallest absolute Gasteiger partial charge is 0.346 e. The van der Waals surface area contributed by atoms with Gasteiger partial charge in [0.25, 0.3) is 5.56 Å². The molecule has 0 fully saturated rings. The van der Waals surface area contributed by atoms with E-state index in [0.29, 0.717) is 15.8 Å². The lowest BCUT2D eigenvalue weighted by molar-refractivity contribution is -0.115. The molecule has 3 N–H and O–H groups in total. The normalized spacial score (nSPS) is 9.75. The maximum atomic E-state index is 11.5. The molecule has 7 nitrogen and oxygen atoms in total. The topological polar surface area (TPSA) is 106 Å². The minimum atomic E-state index is -1.03. The zero-order valence-corrected chi connectivity index (χ0v) is 12.6. The summed E-state index contributed by atoms with van der Waals surface area (Å²) in [5, 5.41) is 9.25. The van der Waals surface area contributed by atoms with Crippen molar-refractivity contribution in [2.45, 2.75) is 6.92 Å². The molecule has 0 radical (unpaired) electrons. The first-order valence-electron chi connectivity index (χ1n) is 5.38. The molecule has 0 spiro atoms. The number of nitrogens with zero attached hydrogens (tertiary/aromatic N) is 1. The van der Waals surface area contributed by atoms with Crippen LogP contribution in [0.15, 0.2) is 4.79 Å². The predicted molar refractivity (Wildman–Crippen MR) is 79.1 cm³/mol. The highest BCUT2D eigenvalue weighted by atomic mass is 32.1. The zero-order valence-electron chi connectivity index (χ0n) is 11.0. The number of carboxylic acid groups (broad SMARTS) is 1. The van der Waals surface area contributed by atoms with E-state index >= 15 is 0 Å². The molecule has 0 aliphatic rings. The van der Waals surface area contributed by atoms with Gasteiger partial charge in [-0.1, -0.05) is 0 Å². The number of hydrogen-bond donors (Lipinski definition) is 3. The third-order valence-electron chi connectivity index (χ3n) is 2.23. The molecule has 108 valence electrons. The van der Waals surface area contributed by atoms with Gasteiger partial charge in [-0.15, -0.1) is 11.3 Å². The van der Waals surface area contributed by atoms with Crippen LogP contribution in [0.4, 0.5) is 0 Å². The van der Waals surface area contributed by atoms with E-state index in [1.807, 2.05) is 0 Å². The average molecular weight is 315 g/mol. The Morgan fingerprint density at radius 2 is 1.95 bits per heavy atom. The van der Waals surface area contributed by atoms with E-state index in [2.05, 4.69) is 9.97 Å². The number of rotatable bonds is 2. The van der Waals surface area contributed by atoms with Crippen molar-refractivity contribution in [3.63, 3.8) is 0 Å². The Balaban J connectivity index is 0.000000347. The van der Waals surface area contributed by atoms with Crippen LogP contribution in [0.1, 0.15) is 15.2 Å². The Hall–Kier alpha value is -2.00. The molecule has 0 atom stereocenters. The summed E-state index contributed by atoms with van der Waals surface area (Å²) < 4.78 is 0.200.